The Bertz CT molecular complexity index is 940. The largest absolute Gasteiger partial charge is 0.289 e. The van der Waals surface area contributed by atoms with Crippen molar-refractivity contribution in [3.8, 4) is 0 Å². The summed E-state index contributed by atoms with van der Waals surface area (Å²) in [6.45, 7) is 2.10. The molecule has 0 amide bonds. The normalized spacial score (nSPS) is 13.3. The smallest absolute Gasteiger partial charge is 0.193 e. The first-order valence-corrected chi connectivity index (χ1v) is 7.99. The van der Waals surface area contributed by atoms with Crippen LogP contribution in [0.1, 0.15) is 39.0 Å². The number of ketones is 1. The molecular formula is C21H17FO. The molecule has 0 aliphatic heterocycles. The quantitative estimate of drug-likeness (QED) is 0.608. The van der Waals surface area contributed by atoms with Crippen LogP contribution in [0.4, 0.5) is 4.39 Å². The fraction of sp³-hybridized carbons (Fsp3) is 0.190. The molecule has 0 heterocycles. The van der Waals surface area contributed by atoms with E-state index >= 15 is 0 Å². The Labute approximate surface area is 134 Å². The lowest BCUT2D eigenvalue weighted by Crippen LogP contribution is -2.07. The second-order valence-corrected chi connectivity index (χ2v) is 6.24. The minimum absolute atomic E-state index is 0.000602. The van der Waals surface area contributed by atoms with E-state index in [0.29, 0.717) is 10.9 Å². The second-order valence-electron chi connectivity index (χ2n) is 6.24. The predicted octanol–water partition coefficient (Wildman–Crippen LogP) is 5.01. The molecule has 0 radical (unpaired) electrons. The van der Waals surface area contributed by atoms with Crippen molar-refractivity contribution in [2.75, 3.05) is 0 Å². The molecule has 0 fully saturated rings. The van der Waals surface area contributed by atoms with Crippen molar-refractivity contribution in [3.05, 3.63) is 82.2 Å². The molecule has 1 nitrogen and oxygen atoms in total. The minimum atomic E-state index is -0.313. The van der Waals surface area contributed by atoms with Crippen LogP contribution < -0.4 is 0 Å². The summed E-state index contributed by atoms with van der Waals surface area (Å²) in [6.07, 6.45) is 3.11. The number of halogens is 1. The number of fused-ring (bicyclic) bond motifs is 2. The average molecular weight is 304 g/mol. The molecule has 0 aromatic heterocycles. The van der Waals surface area contributed by atoms with Crippen molar-refractivity contribution in [1.82, 2.24) is 0 Å². The molecule has 0 saturated heterocycles. The highest BCUT2D eigenvalue weighted by Crippen LogP contribution is 2.31. The van der Waals surface area contributed by atoms with Crippen molar-refractivity contribution >= 4 is 16.6 Å². The van der Waals surface area contributed by atoms with E-state index in [4.69, 9.17) is 0 Å². The summed E-state index contributed by atoms with van der Waals surface area (Å²) in [6, 6.07) is 14.1. The summed E-state index contributed by atoms with van der Waals surface area (Å²) in [5, 5.41) is 1.57. The molecule has 23 heavy (non-hydrogen) atoms. The van der Waals surface area contributed by atoms with Crippen LogP contribution in [-0.2, 0) is 12.8 Å². The lowest BCUT2D eigenvalue weighted by Gasteiger charge is -2.12. The van der Waals surface area contributed by atoms with Crippen molar-refractivity contribution in [2.45, 2.75) is 26.2 Å². The van der Waals surface area contributed by atoms with Crippen molar-refractivity contribution < 1.29 is 9.18 Å². The first-order chi connectivity index (χ1) is 11.1. The van der Waals surface area contributed by atoms with Crippen LogP contribution in [0, 0.1) is 12.7 Å². The molecule has 2 heteroatoms. The number of benzene rings is 3. The Kier molecular flexibility index (Phi) is 3.26. The van der Waals surface area contributed by atoms with E-state index in [1.54, 1.807) is 12.1 Å². The van der Waals surface area contributed by atoms with Crippen LogP contribution in [0.25, 0.3) is 10.8 Å². The van der Waals surface area contributed by atoms with Gasteiger partial charge in [0.05, 0.1) is 0 Å². The fourth-order valence-electron chi connectivity index (χ4n) is 3.69. The van der Waals surface area contributed by atoms with Gasteiger partial charge < -0.3 is 0 Å². The van der Waals surface area contributed by atoms with E-state index in [-0.39, 0.29) is 11.6 Å². The highest BCUT2D eigenvalue weighted by atomic mass is 19.1. The molecule has 0 bridgehead atoms. The number of hydrogen-bond donors (Lipinski definition) is 0. The third-order valence-corrected chi connectivity index (χ3v) is 4.85. The van der Waals surface area contributed by atoms with Gasteiger partial charge in [0.25, 0.3) is 0 Å². The van der Waals surface area contributed by atoms with Crippen LogP contribution in [0.5, 0.6) is 0 Å². The maximum Gasteiger partial charge on any atom is 0.193 e. The van der Waals surface area contributed by atoms with Crippen molar-refractivity contribution in [2.24, 2.45) is 0 Å². The van der Waals surface area contributed by atoms with Crippen molar-refractivity contribution in [3.63, 3.8) is 0 Å². The zero-order chi connectivity index (χ0) is 16.0. The zero-order valence-corrected chi connectivity index (χ0v) is 13.0. The molecule has 114 valence electrons. The third kappa shape index (κ3) is 2.26. The Morgan fingerprint density at radius 3 is 2.65 bits per heavy atom. The Hall–Kier alpha value is -2.48. The third-order valence-electron chi connectivity index (χ3n) is 4.85. The van der Waals surface area contributed by atoms with Gasteiger partial charge >= 0.3 is 0 Å². The molecule has 1 aliphatic carbocycles. The van der Waals surface area contributed by atoms with Gasteiger partial charge in [-0.2, -0.15) is 0 Å². The summed E-state index contributed by atoms with van der Waals surface area (Å²) in [4.78, 5) is 13.1. The van der Waals surface area contributed by atoms with E-state index in [2.05, 4.69) is 6.92 Å². The monoisotopic (exact) mass is 304 g/mol. The molecule has 0 saturated carbocycles. The van der Waals surface area contributed by atoms with Gasteiger partial charge in [0.15, 0.2) is 5.78 Å². The van der Waals surface area contributed by atoms with Crippen LogP contribution in [0.2, 0.25) is 0 Å². The predicted molar refractivity (Wildman–Crippen MR) is 90.5 cm³/mol. The maximum atomic E-state index is 13.6. The van der Waals surface area contributed by atoms with E-state index in [9.17, 15) is 9.18 Å². The highest BCUT2D eigenvalue weighted by molar-refractivity contribution is 6.17. The van der Waals surface area contributed by atoms with E-state index in [1.807, 2.05) is 24.3 Å². The topological polar surface area (TPSA) is 17.1 Å². The molecule has 0 unspecified atom stereocenters. The van der Waals surface area contributed by atoms with Gasteiger partial charge in [0, 0.05) is 11.1 Å². The zero-order valence-electron chi connectivity index (χ0n) is 13.0. The first kappa shape index (κ1) is 14.1. The highest BCUT2D eigenvalue weighted by Gasteiger charge is 2.22. The van der Waals surface area contributed by atoms with Gasteiger partial charge in [0.1, 0.15) is 5.82 Å². The number of carbonyl (C=O) groups is 1. The van der Waals surface area contributed by atoms with Crippen LogP contribution in [-0.4, -0.2) is 5.78 Å². The Balaban J connectivity index is 1.91. The van der Waals surface area contributed by atoms with Crippen LogP contribution in [0.15, 0.2) is 48.5 Å². The van der Waals surface area contributed by atoms with Crippen LogP contribution >= 0.6 is 0 Å². The minimum Gasteiger partial charge on any atom is -0.289 e. The summed E-state index contributed by atoms with van der Waals surface area (Å²) >= 11 is 0. The summed E-state index contributed by atoms with van der Waals surface area (Å²) in [5.41, 5.74) is 5.13. The molecular weight excluding hydrogens is 287 g/mol. The van der Waals surface area contributed by atoms with Crippen molar-refractivity contribution in [1.29, 1.82) is 0 Å². The summed E-state index contributed by atoms with van der Waals surface area (Å²) in [5.74, 6) is -0.314. The van der Waals surface area contributed by atoms with Gasteiger partial charge in [-0.15, -0.1) is 0 Å². The average Bonchev–Trinajstić information content (AvgIpc) is 3.04. The molecule has 3 aromatic rings. The second kappa shape index (κ2) is 5.31. The number of carbonyl (C=O) groups excluding carboxylic acids is 1. The van der Waals surface area contributed by atoms with E-state index in [1.165, 1.54) is 28.8 Å². The fourth-order valence-corrected chi connectivity index (χ4v) is 3.69. The Morgan fingerprint density at radius 2 is 1.78 bits per heavy atom. The number of hydrogen-bond acceptors (Lipinski definition) is 1. The standard InChI is InChI=1S/C21H17FO/c1-13-8-11-19(17-6-3-5-16(13)17)21(23)18-7-2-4-14-9-10-15(22)12-20(14)18/h2,4,7-12H,3,5-6H2,1H3. The molecule has 4 rings (SSSR count). The van der Waals surface area contributed by atoms with E-state index < -0.39 is 0 Å². The summed E-state index contributed by atoms with van der Waals surface area (Å²) in [7, 11) is 0. The number of rotatable bonds is 2. The SMILES string of the molecule is Cc1ccc(C(=O)c2cccc3ccc(F)cc23)c2c1CCC2. The number of aryl methyl sites for hydroxylation is 1. The van der Waals surface area contributed by atoms with Gasteiger partial charge in [-0.3, -0.25) is 4.79 Å². The van der Waals surface area contributed by atoms with Gasteiger partial charge in [-0.05, 0) is 65.8 Å². The van der Waals surface area contributed by atoms with E-state index in [0.717, 1.165) is 30.2 Å². The van der Waals surface area contributed by atoms with Gasteiger partial charge in [0.2, 0.25) is 0 Å². The lowest BCUT2D eigenvalue weighted by molar-refractivity contribution is 0.103. The molecule has 0 atom stereocenters. The molecule has 0 N–H and O–H groups in total. The maximum absolute atomic E-state index is 13.6. The Morgan fingerprint density at radius 1 is 0.957 bits per heavy atom. The van der Waals surface area contributed by atoms with Gasteiger partial charge in [-0.1, -0.05) is 36.4 Å². The van der Waals surface area contributed by atoms with Gasteiger partial charge in [-0.25, -0.2) is 4.39 Å². The lowest BCUT2D eigenvalue weighted by atomic mass is 9.91. The molecule has 0 spiro atoms. The van der Waals surface area contributed by atoms with Crippen LogP contribution in [0.3, 0.4) is 0 Å². The molecule has 3 aromatic carbocycles. The first-order valence-electron chi connectivity index (χ1n) is 7.99. The molecule has 1 aliphatic rings. The summed E-state index contributed by atoms with van der Waals surface area (Å²) < 4.78 is 13.6.